The molecule has 0 saturated heterocycles. The third-order valence-corrected chi connectivity index (χ3v) is 13.6. The molecule has 3 amide bonds. The zero-order chi connectivity index (χ0) is 52.4. The number of nitrogens with zero attached hydrogens (tertiary/aromatic N) is 7. The van der Waals surface area contributed by atoms with Gasteiger partial charge in [-0.15, -0.1) is 0 Å². The molecule has 0 aliphatic heterocycles. The number of nitrogens with two attached hydrogens (primary N) is 2. The van der Waals surface area contributed by atoms with Gasteiger partial charge >= 0.3 is 6.18 Å². The van der Waals surface area contributed by atoms with Crippen LogP contribution in [-0.4, -0.2) is 57.7 Å². The number of aromatic nitrogens is 7. The van der Waals surface area contributed by atoms with Crippen molar-refractivity contribution in [2.24, 2.45) is 11.5 Å². The highest BCUT2D eigenvalue weighted by Crippen LogP contribution is 2.49. The first-order valence-corrected chi connectivity index (χ1v) is 23.5. The van der Waals surface area contributed by atoms with Crippen LogP contribution in [0.3, 0.4) is 0 Å². The maximum absolute atomic E-state index is 14.1. The fourth-order valence-electron chi connectivity index (χ4n) is 8.66. The Morgan fingerprint density at radius 3 is 1.54 bits per heavy atom. The van der Waals surface area contributed by atoms with E-state index >= 15 is 0 Å². The number of aryl methyl sites for hydroxylation is 2. The van der Waals surface area contributed by atoms with Crippen LogP contribution in [0.1, 0.15) is 70.2 Å². The molecule has 5 heterocycles. The Morgan fingerprint density at radius 2 is 1.15 bits per heavy atom. The number of carbonyl (C=O) groups is 3. The normalized spacial score (nSPS) is 14.4. The summed E-state index contributed by atoms with van der Waals surface area (Å²) < 4.78 is 81.4. The Kier molecular flexibility index (Phi) is 12.6. The summed E-state index contributed by atoms with van der Waals surface area (Å²) in [5, 5.41) is 15.2. The van der Waals surface area contributed by atoms with Crippen molar-refractivity contribution in [2.45, 2.75) is 69.8 Å². The molecule has 4 aromatic carbocycles. The van der Waals surface area contributed by atoms with Crippen LogP contribution in [-0.2, 0) is 34.3 Å². The summed E-state index contributed by atoms with van der Waals surface area (Å²) in [5.41, 5.74) is 13.0. The predicted octanol–water partition coefficient (Wildman–Crippen LogP) is 9.53. The number of hydrogen-bond acceptors (Lipinski definition) is 11. The molecule has 0 unspecified atom stereocenters. The number of halogens is 7. The van der Waals surface area contributed by atoms with E-state index in [-0.39, 0.29) is 34.8 Å². The summed E-state index contributed by atoms with van der Waals surface area (Å²) in [6.07, 6.45) is -2.08. The maximum Gasteiger partial charge on any atom is 0.417 e. The highest BCUT2D eigenvalue weighted by molar-refractivity contribution is 6.39. The molecule has 9 aromatic rings. The van der Waals surface area contributed by atoms with Gasteiger partial charge in [0.1, 0.15) is 23.0 Å². The van der Waals surface area contributed by atoms with Crippen molar-refractivity contribution in [3.63, 3.8) is 0 Å². The van der Waals surface area contributed by atoms with Crippen LogP contribution < -0.4 is 22.1 Å². The third kappa shape index (κ3) is 9.33. The van der Waals surface area contributed by atoms with Gasteiger partial charge < -0.3 is 40.3 Å². The van der Waals surface area contributed by atoms with E-state index in [1.165, 1.54) is 24.3 Å². The van der Waals surface area contributed by atoms with Crippen LogP contribution in [0.5, 0.6) is 0 Å². The average molecular weight is 1050 g/mol. The van der Waals surface area contributed by atoms with Crippen molar-refractivity contribution in [1.82, 2.24) is 45.0 Å². The Labute approximate surface area is 425 Å². The quantitative estimate of drug-likeness (QED) is 0.0842. The summed E-state index contributed by atoms with van der Waals surface area (Å²) in [6.45, 7) is 3.79. The summed E-state index contributed by atoms with van der Waals surface area (Å²) >= 11 is 13.3. The third-order valence-electron chi connectivity index (χ3n) is 12.9. The van der Waals surface area contributed by atoms with Crippen molar-refractivity contribution in [1.29, 1.82) is 0 Å². The molecule has 2 aliphatic carbocycles. The highest BCUT2D eigenvalue weighted by Gasteiger charge is 2.54. The van der Waals surface area contributed by atoms with Crippen LogP contribution >= 0.6 is 23.2 Å². The number of amides is 3. The fourth-order valence-corrected chi connectivity index (χ4v) is 9.30. The summed E-state index contributed by atoms with van der Waals surface area (Å²) in [7, 11) is 0. The number of hydrogen-bond donors (Lipinski definition) is 4. The van der Waals surface area contributed by atoms with E-state index in [0.29, 0.717) is 98.7 Å². The van der Waals surface area contributed by atoms with Crippen molar-refractivity contribution < 1.29 is 45.4 Å². The second kappa shape index (κ2) is 18.8. The number of nitrogens with one attached hydrogen (secondary N) is 2. The maximum atomic E-state index is 14.1. The number of primary amides is 1. The fraction of sp³-hybridized carbons (Fsp3) is 0.216. The molecule has 16 nitrogen and oxygen atoms in total. The van der Waals surface area contributed by atoms with E-state index in [0.717, 1.165) is 24.1 Å². The first kappa shape index (κ1) is 49.6. The summed E-state index contributed by atoms with van der Waals surface area (Å²) in [6, 6.07) is 23.9. The summed E-state index contributed by atoms with van der Waals surface area (Å²) in [4.78, 5) is 49.7. The molecule has 2 fully saturated rings. The lowest BCUT2D eigenvalue weighted by Gasteiger charge is -2.18. The van der Waals surface area contributed by atoms with Gasteiger partial charge in [-0.2, -0.15) is 23.1 Å². The number of pyridine rings is 1. The largest absolute Gasteiger partial charge is 0.417 e. The minimum Gasteiger partial charge on any atom is -0.366 e. The molecule has 2 saturated carbocycles. The van der Waals surface area contributed by atoms with Gasteiger partial charge in [0.15, 0.2) is 0 Å². The molecule has 2 aliphatic rings. The zero-order valence-corrected chi connectivity index (χ0v) is 40.5. The lowest BCUT2D eigenvalue weighted by Crippen LogP contribution is -2.42. The van der Waals surface area contributed by atoms with Gasteiger partial charge in [-0.1, -0.05) is 57.8 Å². The number of rotatable bonds is 12. The van der Waals surface area contributed by atoms with Gasteiger partial charge in [-0.05, 0) is 104 Å². The highest BCUT2D eigenvalue weighted by atomic mass is 35.5. The van der Waals surface area contributed by atoms with E-state index in [9.17, 15) is 36.3 Å². The molecule has 0 radical (unpaired) electrons. The number of benzene rings is 4. The first-order chi connectivity index (χ1) is 35.2. The smallest absolute Gasteiger partial charge is 0.366 e. The molecule has 378 valence electrons. The molecule has 74 heavy (non-hydrogen) atoms. The topological polar surface area (TPSA) is 228 Å². The van der Waals surface area contributed by atoms with Crippen LogP contribution in [0.25, 0.3) is 56.2 Å². The molecule has 6 N–H and O–H groups in total. The number of carbonyl (C=O) groups excluding carboxylic acids is 3. The molecule has 0 bridgehead atoms. The number of alkyl halides is 3. The standard InChI is InChI=1S/C29H21ClF4N6O3.C22H19ClFN5O2/c1-14-38-26(39-43-14)23-22(30)19-11-17(31)4-7-21(19)40(23)18-5-2-15(3-6-18)12-37-27(42)28(8-9-28)24-20(25(35)41)10-16(13-36-24)29(32,33)34;1-12-27-20(28-31-12)19-18(23)16-10-14(24)4-7-17(16)29(19)15-5-2-13(3-6-15)11-26-21(30)22(25)8-9-22/h2-7,10-11,13H,8-9,12H2,1H3,(H2,35,41)(H,37,42);2-7,10H,8-9,11,25H2,1H3,(H,26,30). The second-order valence-corrected chi connectivity index (χ2v) is 18.8. The van der Waals surface area contributed by atoms with Gasteiger partial charge in [0.05, 0.1) is 48.9 Å². The molecule has 23 heteroatoms. The summed E-state index contributed by atoms with van der Waals surface area (Å²) in [5.74, 6) is -1.30. The Bertz CT molecular complexity index is 3690. The zero-order valence-electron chi connectivity index (χ0n) is 39.0. The Balaban J connectivity index is 0.000000178. The lowest BCUT2D eigenvalue weighted by atomic mass is 9.94. The van der Waals surface area contributed by atoms with E-state index in [1.807, 2.05) is 28.8 Å². The van der Waals surface area contributed by atoms with Crippen LogP contribution in [0.4, 0.5) is 22.0 Å². The van der Waals surface area contributed by atoms with E-state index in [2.05, 4.69) is 35.9 Å². The molecule has 0 atom stereocenters. The lowest BCUT2D eigenvalue weighted by molar-refractivity contribution is -0.137. The first-order valence-electron chi connectivity index (χ1n) is 22.8. The van der Waals surface area contributed by atoms with Crippen molar-refractivity contribution >= 4 is 62.7 Å². The van der Waals surface area contributed by atoms with Crippen LogP contribution in [0, 0.1) is 25.5 Å². The SMILES string of the molecule is Cc1nc(-c2c(Cl)c3cc(F)ccc3n2-c2ccc(CNC(=O)C3(N)CC3)cc2)no1.Cc1nc(-c2c(Cl)c3cc(F)ccc3n2-c2ccc(CNC(=O)C3(c4ncc(C(F)(F)F)cc4C(N)=O)CC3)cc2)no1. The van der Waals surface area contributed by atoms with E-state index < -0.39 is 45.9 Å². The predicted molar refractivity (Wildman–Crippen MR) is 261 cm³/mol. The molecular formula is C51H40Cl2F5N11O5. The average Bonchev–Trinajstić information content (AvgIpc) is 4.18. The Morgan fingerprint density at radius 1 is 0.689 bits per heavy atom. The number of fused-ring (bicyclic) bond motifs is 2. The van der Waals surface area contributed by atoms with Crippen LogP contribution in [0.2, 0.25) is 10.0 Å². The van der Waals surface area contributed by atoms with Gasteiger partial charge in [-0.3, -0.25) is 19.4 Å². The van der Waals surface area contributed by atoms with Crippen molar-refractivity contribution in [3.05, 3.63) is 159 Å². The molecule has 5 aromatic heterocycles. The molecule has 0 spiro atoms. The van der Waals surface area contributed by atoms with E-state index in [4.69, 9.17) is 43.7 Å². The monoisotopic (exact) mass is 1050 g/mol. The van der Waals surface area contributed by atoms with Crippen molar-refractivity contribution in [2.75, 3.05) is 0 Å². The van der Waals surface area contributed by atoms with Gasteiger partial charge in [0, 0.05) is 55.3 Å². The van der Waals surface area contributed by atoms with Crippen molar-refractivity contribution in [3.8, 4) is 34.4 Å². The molecule has 11 rings (SSSR count). The minimum atomic E-state index is -4.72. The van der Waals surface area contributed by atoms with Gasteiger partial charge in [0.25, 0.3) is 5.91 Å². The second-order valence-electron chi connectivity index (χ2n) is 18.0. The minimum absolute atomic E-state index is 0.0714. The molecular weight excluding hydrogens is 1010 g/mol. The van der Waals surface area contributed by atoms with Gasteiger partial charge in [-0.25, -0.2) is 8.78 Å². The van der Waals surface area contributed by atoms with E-state index in [1.54, 1.807) is 54.8 Å². The Hall–Kier alpha value is -8.01. The van der Waals surface area contributed by atoms with Gasteiger partial charge in [0.2, 0.25) is 35.2 Å². The van der Waals surface area contributed by atoms with Crippen LogP contribution in [0.15, 0.2) is 106 Å².